The van der Waals surface area contributed by atoms with E-state index >= 15 is 0 Å². The standard InChI is InChI=1S/C13H17F2N3O/c1-7-6-19-8(2)5-18(7)12-10(14)3-9(13(16)17)4-11(12)15/h3-4,7-8H,5-6H2,1-2H3,(H3,16,17). The highest BCUT2D eigenvalue weighted by molar-refractivity contribution is 5.95. The van der Waals surface area contributed by atoms with Gasteiger partial charge in [0, 0.05) is 18.2 Å². The second-order valence-electron chi connectivity index (χ2n) is 4.85. The number of nitrogens with zero attached hydrogens (tertiary/aromatic N) is 1. The van der Waals surface area contributed by atoms with Crippen LogP contribution in [0.2, 0.25) is 0 Å². The van der Waals surface area contributed by atoms with Gasteiger partial charge in [-0.3, -0.25) is 5.41 Å². The third kappa shape index (κ3) is 2.68. The van der Waals surface area contributed by atoms with Crippen LogP contribution in [0.15, 0.2) is 12.1 Å². The van der Waals surface area contributed by atoms with Crippen molar-refractivity contribution in [3.05, 3.63) is 29.3 Å². The number of morpholine rings is 1. The van der Waals surface area contributed by atoms with Crippen LogP contribution in [0.4, 0.5) is 14.5 Å². The van der Waals surface area contributed by atoms with E-state index in [1.807, 2.05) is 13.8 Å². The lowest BCUT2D eigenvalue weighted by Gasteiger charge is -2.38. The van der Waals surface area contributed by atoms with Gasteiger partial charge in [0.15, 0.2) is 0 Å². The van der Waals surface area contributed by atoms with E-state index in [9.17, 15) is 8.78 Å². The van der Waals surface area contributed by atoms with Crippen LogP contribution in [0.3, 0.4) is 0 Å². The third-order valence-electron chi connectivity index (χ3n) is 3.22. The number of rotatable bonds is 2. The second kappa shape index (κ2) is 5.13. The third-order valence-corrected chi connectivity index (χ3v) is 3.22. The summed E-state index contributed by atoms with van der Waals surface area (Å²) in [7, 11) is 0. The minimum atomic E-state index is -0.703. The first-order valence-electron chi connectivity index (χ1n) is 6.11. The Balaban J connectivity index is 2.41. The van der Waals surface area contributed by atoms with Gasteiger partial charge in [-0.25, -0.2) is 8.78 Å². The Bertz CT molecular complexity index is 484. The van der Waals surface area contributed by atoms with Gasteiger partial charge >= 0.3 is 0 Å². The van der Waals surface area contributed by atoms with Crippen molar-refractivity contribution >= 4 is 11.5 Å². The quantitative estimate of drug-likeness (QED) is 0.636. The molecule has 2 unspecified atom stereocenters. The van der Waals surface area contributed by atoms with Crippen molar-refractivity contribution in [3.63, 3.8) is 0 Å². The Kier molecular flexibility index (Phi) is 3.71. The predicted octanol–water partition coefficient (Wildman–Crippen LogP) is 1.86. The van der Waals surface area contributed by atoms with Crippen molar-refractivity contribution in [1.29, 1.82) is 5.41 Å². The van der Waals surface area contributed by atoms with Gasteiger partial charge in [0.1, 0.15) is 23.2 Å². The van der Waals surface area contributed by atoms with Gasteiger partial charge in [-0.2, -0.15) is 0 Å². The van der Waals surface area contributed by atoms with Crippen molar-refractivity contribution in [2.45, 2.75) is 26.0 Å². The van der Waals surface area contributed by atoms with Crippen LogP contribution in [-0.2, 0) is 4.74 Å². The summed E-state index contributed by atoms with van der Waals surface area (Å²) in [6, 6.07) is 2.07. The SMILES string of the molecule is CC1CN(c2c(F)cc(C(=N)N)cc2F)C(C)CO1. The molecular formula is C13H17F2N3O. The first kappa shape index (κ1) is 13.7. The number of amidine groups is 1. The summed E-state index contributed by atoms with van der Waals surface area (Å²) < 4.78 is 33.6. The minimum Gasteiger partial charge on any atom is -0.384 e. The van der Waals surface area contributed by atoms with Crippen LogP contribution < -0.4 is 10.6 Å². The Labute approximate surface area is 110 Å². The summed E-state index contributed by atoms with van der Waals surface area (Å²) in [5.74, 6) is -1.76. The molecule has 19 heavy (non-hydrogen) atoms. The maximum Gasteiger partial charge on any atom is 0.150 e. The fourth-order valence-electron chi connectivity index (χ4n) is 2.21. The van der Waals surface area contributed by atoms with E-state index in [0.29, 0.717) is 13.2 Å². The molecule has 1 aromatic rings. The topological polar surface area (TPSA) is 62.3 Å². The number of nitrogen functional groups attached to an aromatic ring is 1. The zero-order valence-electron chi connectivity index (χ0n) is 10.9. The Morgan fingerprint density at radius 1 is 1.37 bits per heavy atom. The summed E-state index contributed by atoms with van der Waals surface area (Å²) in [5.41, 5.74) is 5.22. The molecule has 4 nitrogen and oxygen atoms in total. The van der Waals surface area contributed by atoms with Crippen molar-refractivity contribution in [3.8, 4) is 0 Å². The summed E-state index contributed by atoms with van der Waals surface area (Å²) in [6.45, 7) is 4.56. The Morgan fingerprint density at radius 3 is 2.47 bits per heavy atom. The van der Waals surface area contributed by atoms with Gasteiger partial charge < -0.3 is 15.4 Å². The average molecular weight is 269 g/mol. The van der Waals surface area contributed by atoms with E-state index in [4.69, 9.17) is 15.9 Å². The molecule has 104 valence electrons. The van der Waals surface area contributed by atoms with Crippen LogP contribution in [0.25, 0.3) is 0 Å². The molecule has 1 aliphatic heterocycles. The maximum absolute atomic E-state index is 14.1. The first-order valence-corrected chi connectivity index (χ1v) is 6.11. The number of anilines is 1. The number of benzene rings is 1. The van der Waals surface area contributed by atoms with E-state index in [1.54, 1.807) is 4.90 Å². The van der Waals surface area contributed by atoms with Gasteiger partial charge in [-0.15, -0.1) is 0 Å². The lowest BCUT2D eigenvalue weighted by molar-refractivity contribution is 0.0338. The number of nitrogens with two attached hydrogens (primary N) is 1. The van der Waals surface area contributed by atoms with Crippen molar-refractivity contribution in [1.82, 2.24) is 0 Å². The largest absolute Gasteiger partial charge is 0.384 e. The van der Waals surface area contributed by atoms with Crippen molar-refractivity contribution < 1.29 is 13.5 Å². The molecule has 6 heteroatoms. The molecule has 0 spiro atoms. The van der Waals surface area contributed by atoms with Crippen LogP contribution in [0.5, 0.6) is 0 Å². The molecule has 0 amide bonds. The molecule has 1 heterocycles. The highest BCUT2D eigenvalue weighted by atomic mass is 19.1. The number of ether oxygens (including phenoxy) is 1. The van der Waals surface area contributed by atoms with E-state index in [2.05, 4.69) is 0 Å². The molecule has 1 saturated heterocycles. The molecule has 0 aliphatic carbocycles. The van der Waals surface area contributed by atoms with E-state index in [-0.39, 0.29) is 29.2 Å². The van der Waals surface area contributed by atoms with Gasteiger partial charge in [-0.1, -0.05) is 0 Å². The molecule has 0 saturated carbocycles. The number of hydrogen-bond donors (Lipinski definition) is 2. The zero-order valence-corrected chi connectivity index (χ0v) is 10.9. The second-order valence-corrected chi connectivity index (χ2v) is 4.85. The van der Waals surface area contributed by atoms with Gasteiger partial charge in [0.25, 0.3) is 0 Å². The Morgan fingerprint density at radius 2 is 1.95 bits per heavy atom. The van der Waals surface area contributed by atoms with Crippen molar-refractivity contribution in [2.75, 3.05) is 18.1 Å². The van der Waals surface area contributed by atoms with Crippen LogP contribution >= 0.6 is 0 Å². The normalized spacial score (nSPS) is 23.5. The lowest BCUT2D eigenvalue weighted by Crippen LogP contribution is -2.48. The fraction of sp³-hybridized carbons (Fsp3) is 0.462. The number of halogens is 2. The number of nitrogens with one attached hydrogen (secondary N) is 1. The first-order chi connectivity index (χ1) is 8.90. The minimum absolute atomic E-state index is 0.0488. The van der Waals surface area contributed by atoms with E-state index < -0.39 is 11.6 Å². The van der Waals surface area contributed by atoms with E-state index in [1.165, 1.54) is 0 Å². The smallest absolute Gasteiger partial charge is 0.150 e. The summed E-state index contributed by atoms with van der Waals surface area (Å²) in [5, 5.41) is 7.23. The number of hydrogen-bond acceptors (Lipinski definition) is 3. The molecule has 1 aromatic carbocycles. The summed E-state index contributed by atoms with van der Waals surface area (Å²) in [4.78, 5) is 1.66. The molecule has 2 atom stereocenters. The molecule has 0 bridgehead atoms. The lowest BCUT2D eigenvalue weighted by atomic mass is 10.1. The van der Waals surface area contributed by atoms with E-state index in [0.717, 1.165) is 12.1 Å². The maximum atomic E-state index is 14.1. The molecule has 2 rings (SSSR count). The van der Waals surface area contributed by atoms with Crippen LogP contribution in [0.1, 0.15) is 19.4 Å². The van der Waals surface area contributed by atoms with Crippen molar-refractivity contribution in [2.24, 2.45) is 5.73 Å². The summed E-state index contributed by atoms with van der Waals surface area (Å²) >= 11 is 0. The van der Waals surface area contributed by atoms with Crippen LogP contribution in [-0.4, -0.2) is 31.1 Å². The average Bonchev–Trinajstić information content (AvgIpc) is 2.32. The summed E-state index contributed by atoms with van der Waals surface area (Å²) in [6.07, 6.45) is -0.0810. The molecule has 0 radical (unpaired) electrons. The van der Waals surface area contributed by atoms with Gasteiger partial charge in [0.05, 0.1) is 12.7 Å². The molecule has 1 aliphatic rings. The predicted molar refractivity (Wildman–Crippen MR) is 69.6 cm³/mol. The highest BCUT2D eigenvalue weighted by Crippen LogP contribution is 2.29. The van der Waals surface area contributed by atoms with Gasteiger partial charge in [0.2, 0.25) is 0 Å². The molecule has 0 aromatic heterocycles. The van der Waals surface area contributed by atoms with Gasteiger partial charge in [-0.05, 0) is 26.0 Å². The Hall–Kier alpha value is -1.69. The highest BCUT2D eigenvalue weighted by Gasteiger charge is 2.28. The molecule has 1 fully saturated rings. The molecule has 3 N–H and O–H groups in total. The zero-order chi connectivity index (χ0) is 14.2. The monoisotopic (exact) mass is 269 g/mol. The fourth-order valence-corrected chi connectivity index (χ4v) is 2.21. The molecular weight excluding hydrogens is 252 g/mol. The van der Waals surface area contributed by atoms with Crippen LogP contribution in [0, 0.1) is 17.0 Å².